The fraction of sp³-hybridized carbons (Fsp3) is 0.292. The number of hydrogen-bond donors (Lipinski definition) is 1. The lowest BCUT2D eigenvalue weighted by Gasteiger charge is -2.36. The first-order chi connectivity index (χ1) is 14.4. The molecule has 2 atom stereocenters. The van der Waals surface area contributed by atoms with Gasteiger partial charge in [-0.25, -0.2) is 9.97 Å². The van der Waals surface area contributed by atoms with E-state index in [4.69, 9.17) is 0 Å². The van der Waals surface area contributed by atoms with E-state index in [2.05, 4.69) is 29.1 Å². The summed E-state index contributed by atoms with van der Waals surface area (Å²) in [4.78, 5) is 22.8. The Morgan fingerprint density at radius 1 is 1.07 bits per heavy atom. The van der Waals surface area contributed by atoms with Crippen LogP contribution in [0.4, 0.5) is 5.69 Å². The molecule has 1 aromatic heterocycles. The van der Waals surface area contributed by atoms with Crippen LogP contribution in [0.25, 0.3) is 10.8 Å². The van der Waals surface area contributed by atoms with Crippen LogP contribution < -0.4 is 5.32 Å². The van der Waals surface area contributed by atoms with E-state index in [-0.39, 0.29) is 23.2 Å². The van der Waals surface area contributed by atoms with Crippen LogP contribution in [0.5, 0.6) is 0 Å². The molecule has 2 aromatic carbocycles. The maximum atomic E-state index is 13.8. The number of nitriles is 2. The molecule has 6 heteroatoms. The minimum atomic E-state index is -0.892. The molecule has 30 heavy (non-hydrogen) atoms. The van der Waals surface area contributed by atoms with Crippen molar-refractivity contribution in [2.75, 3.05) is 5.32 Å². The molecule has 146 valence electrons. The SMILES string of the molecule is CC1(C)C2CCC1(C(=O)Nc1cccc3ccccc13)c1nc(C#N)c(C#N)nc12. The van der Waals surface area contributed by atoms with E-state index in [1.54, 1.807) is 0 Å². The van der Waals surface area contributed by atoms with Gasteiger partial charge < -0.3 is 5.32 Å². The van der Waals surface area contributed by atoms with Crippen LogP contribution in [0.3, 0.4) is 0 Å². The molecular formula is C24H19N5O. The fourth-order valence-corrected chi connectivity index (χ4v) is 5.48. The highest BCUT2D eigenvalue weighted by molar-refractivity contribution is 6.07. The van der Waals surface area contributed by atoms with E-state index in [9.17, 15) is 15.3 Å². The van der Waals surface area contributed by atoms with Gasteiger partial charge >= 0.3 is 0 Å². The maximum Gasteiger partial charge on any atom is 0.237 e. The first-order valence-corrected chi connectivity index (χ1v) is 9.96. The highest BCUT2D eigenvalue weighted by atomic mass is 16.2. The van der Waals surface area contributed by atoms with Crippen molar-refractivity contribution < 1.29 is 4.79 Å². The highest BCUT2D eigenvalue weighted by Gasteiger charge is 2.68. The topological polar surface area (TPSA) is 102 Å². The van der Waals surface area contributed by atoms with Gasteiger partial charge in [-0.05, 0) is 29.7 Å². The molecule has 0 spiro atoms. The quantitative estimate of drug-likeness (QED) is 0.704. The lowest BCUT2D eigenvalue weighted by atomic mass is 9.67. The molecule has 5 rings (SSSR count). The summed E-state index contributed by atoms with van der Waals surface area (Å²) in [5.41, 5.74) is 0.691. The van der Waals surface area contributed by atoms with Crippen LogP contribution in [-0.4, -0.2) is 15.9 Å². The van der Waals surface area contributed by atoms with Gasteiger partial charge in [0.15, 0.2) is 11.4 Å². The minimum Gasteiger partial charge on any atom is -0.325 e. The average Bonchev–Trinajstić information content (AvgIpc) is 3.14. The zero-order chi connectivity index (χ0) is 21.1. The van der Waals surface area contributed by atoms with Crippen LogP contribution in [0, 0.1) is 28.1 Å². The number of aromatic nitrogens is 2. The van der Waals surface area contributed by atoms with Gasteiger partial charge in [0.05, 0.1) is 16.8 Å². The molecule has 0 radical (unpaired) electrons. The van der Waals surface area contributed by atoms with E-state index in [0.29, 0.717) is 17.8 Å². The average molecular weight is 393 g/mol. The van der Waals surface area contributed by atoms with Gasteiger partial charge in [-0.3, -0.25) is 4.79 Å². The summed E-state index contributed by atoms with van der Waals surface area (Å²) in [5, 5.41) is 24.0. The second-order valence-electron chi connectivity index (χ2n) is 8.58. The number of carbonyl (C=O) groups excluding carboxylic acids is 1. The first kappa shape index (κ1) is 18.3. The Kier molecular flexibility index (Phi) is 3.72. The summed E-state index contributed by atoms with van der Waals surface area (Å²) < 4.78 is 0. The number of rotatable bonds is 2. The molecule has 1 N–H and O–H groups in total. The maximum absolute atomic E-state index is 13.8. The van der Waals surface area contributed by atoms with Gasteiger partial charge in [0.2, 0.25) is 5.91 Å². The second-order valence-corrected chi connectivity index (χ2v) is 8.58. The molecular weight excluding hydrogens is 374 g/mol. The largest absolute Gasteiger partial charge is 0.325 e. The Morgan fingerprint density at radius 3 is 2.53 bits per heavy atom. The van der Waals surface area contributed by atoms with Gasteiger partial charge in [-0.2, -0.15) is 10.5 Å². The molecule has 2 aliphatic rings. The van der Waals surface area contributed by atoms with Crippen molar-refractivity contribution >= 4 is 22.4 Å². The Hall–Kier alpha value is -3.77. The van der Waals surface area contributed by atoms with Crippen molar-refractivity contribution in [1.82, 2.24) is 9.97 Å². The Labute approximate surface area is 174 Å². The summed E-state index contributed by atoms with van der Waals surface area (Å²) >= 11 is 0. The summed E-state index contributed by atoms with van der Waals surface area (Å²) in [6.07, 6.45) is 1.44. The Morgan fingerprint density at radius 2 is 1.77 bits per heavy atom. The van der Waals surface area contributed by atoms with E-state index in [0.717, 1.165) is 22.9 Å². The zero-order valence-electron chi connectivity index (χ0n) is 16.7. The number of nitrogens with zero attached hydrogens (tertiary/aromatic N) is 4. The minimum absolute atomic E-state index is 0.0167. The summed E-state index contributed by atoms with van der Waals surface area (Å²) in [6, 6.07) is 17.7. The van der Waals surface area contributed by atoms with Crippen molar-refractivity contribution in [3.05, 3.63) is 65.2 Å². The zero-order valence-corrected chi connectivity index (χ0v) is 16.7. The molecule has 1 amide bonds. The van der Waals surface area contributed by atoms with Gasteiger partial charge in [-0.1, -0.05) is 50.2 Å². The van der Waals surface area contributed by atoms with Crippen molar-refractivity contribution in [2.45, 2.75) is 38.0 Å². The third-order valence-corrected chi connectivity index (χ3v) is 7.07. The molecule has 2 unspecified atom stereocenters. The van der Waals surface area contributed by atoms with Crippen LogP contribution in [0.15, 0.2) is 42.5 Å². The van der Waals surface area contributed by atoms with Crippen LogP contribution in [0.2, 0.25) is 0 Å². The molecule has 1 fully saturated rings. The van der Waals surface area contributed by atoms with E-state index in [1.807, 2.05) is 54.6 Å². The van der Waals surface area contributed by atoms with E-state index in [1.165, 1.54) is 0 Å². The number of anilines is 1. The third kappa shape index (κ3) is 2.14. The predicted octanol–water partition coefficient (Wildman–Crippen LogP) is 4.17. The number of benzene rings is 2. The normalized spacial score (nSPS) is 22.9. The standard InChI is InChI=1S/C24H19N5O/c1-23(2)16-10-11-24(23,21-20(16)27-18(12-25)19(13-26)28-21)22(30)29-17-9-5-7-14-6-3-4-8-15(14)17/h3-9,16H,10-11H2,1-2H3,(H,29,30). The third-order valence-electron chi connectivity index (χ3n) is 7.07. The lowest BCUT2D eigenvalue weighted by molar-refractivity contribution is -0.124. The number of nitrogens with one attached hydrogen (secondary N) is 1. The molecule has 2 bridgehead atoms. The lowest BCUT2D eigenvalue weighted by Crippen LogP contribution is -2.46. The van der Waals surface area contributed by atoms with Crippen molar-refractivity contribution in [2.24, 2.45) is 5.41 Å². The number of fused-ring (bicyclic) bond motifs is 6. The Balaban J connectivity index is 1.66. The monoisotopic (exact) mass is 393 g/mol. The Bertz CT molecular complexity index is 1310. The van der Waals surface area contributed by atoms with Crippen molar-refractivity contribution in [3.63, 3.8) is 0 Å². The number of hydrogen-bond acceptors (Lipinski definition) is 5. The number of carbonyl (C=O) groups is 1. The predicted molar refractivity (Wildman–Crippen MR) is 111 cm³/mol. The van der Waals surface area contributed by atoms with E-state index < -0.39 is 10.8 Å². The highest BCUT2D eigenvalue weighted by Crippen LogP contribution is 2.67. The molecule has 2 aliphatic carbocycles. The second kappa shape index (κ2) is 6.11. The van der Waals surface area contributed by atoms with Gasteiger partial charge in [0.25, 0.3) is 0 Å². The van der Waals surface area contributed by atoms with E-state index >= 15 is 0 Å². The van der Waals surface area contributed by atoms with Crippen molar-refractivity contribution in [3.8, 4) is 12.1 Å². The molecule has 3 aromatic rings. The molecule has 0 aliphatic heterocycles. The van der Waals surface area contributed by atoms with Crippen LogP contribution >= 0.6 is 0 Å². The molecule has 6 nitrogen and oxygen atoms in total. The molecule has 1 heterocycles. The van der Waals surface area contributed by atoms with Gasteiger partial charge in [-0.15, -0.1) is 0 Å². The van der Waals surface area contributed by atoms with Crippen LogP contribution in [-0.2, 0) is 10.2 Å². The van der Waals surface area contributed by atoms with Crippen molar-refractivity contribution in [1.29, 1.82) is 10.5 Å². The van der Waals surface area contributed by atoms with Gasteiger partial charge in [0.1, 0.15) is 12.1 Å². The fourth-order valence-electron chi connectivity index (χ4n) is 5.48. The van der Waals surface area contributed by atoms with Gasteiger partial charge in [0, 0.05) is 17.0 Å². The van der Waals surface area contributed by atoms with Crippen LogP contribution in [0.1, 0.15) is 55.4 Å². The smallest absolute Gasteiger partial charge is 0.237 e. The number of amides is 1. The first-order valence-electron chi connectivity index (χ1n) is 9.96. The summed E-state index contributed by atoms with van der Waals surface area (Å²) in [6.45, 7) is 4.13. The summed E-state index contributed by atoms with van der Waals surface area (Å²) in [7, 11) is 0. The summed E-state index contributed by atoms with van der Waals surface area (Å²) in [5.74, 6) is -0.105. The molecule has 0 saturated heterocycles. The molecule has 1 saturated carbocycles.